The van der Waals surface area contributed by atoms with Crippen LogP contribution in [0.5, 0.6) is 5.75 Å². The van der Waals surface area contributed by atoms with Gasteiger partial charge in [-0.2, -0.15) is 0 Å². The van der Waals surface area contributed by atoms with Crippen LogP contribution in [-0.2, 0) is 25.9 Å². The second-order valence-electron chi connectivity index (χ2n) is 8.78. The van der Waals surface area contributed by atoms with Crippen LogP contribution in [0.15, 0.2) is 60.1 Å². The van der Waals surface area contributed by atoms with Gasteiger partial charge in [-0.05, 0) is 62.1 Å². The molecule has 0 bridgehead atoms. The van der Waals surface area contributed by atoms with E-state index in [1.165, 1.54) is 5.56 Å². The van der Waals surface area contributed by atoms with Crippen molar-refractivity contribution >= 4 is 0 Å². The van der Waals surface area contributed by atoms with Crippen molar-refractivity contribution < 1.29 is 5.11 Å². The normalized spacial score (nSPS) is 12.5. The summed E-state index contributed by atoms with van der Waals surface area (Å²) >= 11 is 0. The second-order valence-corrected chi connectivity index (χ2v) is 8.78. The first-order chi connectivity index (χ1) is 14.1. The number of rotatable bonds is 8. The molecule has 0 spiro atoms. The van der Waals surface area contributed by atoms with Crippen LogP contribution >= 0.6 is 0 Å². The summed E-state index contributed by atoms with van der Waals surface area (Å²) in [6.07, 6.45) is 10.7. The van der Waals surface area contributed by atoms with Crippen molar-refractivity contribution in [2.24, 2.45) is 11.3 Å². The molecular weight excluding hydrogens is 372 g/mol. The van der Waals surface area contributed by atoms with Gasteiger partial charge in [0.1, 0.15) is 5.75 Å². The molecule has 1 unspecified atom stereocenters. The van der Waals surface area contributed by atoms with Gasteiger partial charge in [0.15, 0.2) is 0 Å². The molecule has 0 aliphatic rings. The van der Waals surface area contributed by atoms with E-state index >= 15 is 0 Å². The highest BCUT2D eigenvalue weighted by Gasteiger charge is 2.15. The number of benzene rings is 1. The summed E-state index contributed by atoms with van der Waals surface area (Å²) in [6.45, 7) is 17.9. The summed E-state index contributed by atoms with van der Waals surface area (Å²) in [5.74, 6) is 0.909. The predicted molar refractivity (Wildman–Crippen MR) is 128 cm³/mol. The Kier molecular flexibility index (Phi) is 10.4. The molecule has 0 saturated carbocycles. The highest BCUT2D eigenvalue weighted by Crippen LogP contribution is 2.25. The molecule has 166 valence electrons. The number of hydrogen-bond donors (Lipinski definition) is 1. The van der Waals surface area contributed by atoms with Crippen LogP contribution in [0.3, 0.4) is 0 Å². The SMILES string of the molecule is C/C=C/Cn1cc(CCCc2ccc(O)cc2)n(CC)c1=O.C=CC(C)C(C)(C)C. The van der Waals surface area contributed by atoms with Gasteiger partial charge in [-0.3, -0.25) is 9.13 Å². The molecule has 1 atom stereocenters. The molecule has 0 aliphatic carbocycles. The van der Waals surface area contributed by atoms with E-state index in [1.807, 2.05) is 55.0 Å². The van der Waals surface area contributed by atoms with E-state index in [2.05, 4.69) is 34.3 Å². The molecule has 2 aromatic rings. The van der Waals surface area contributed by atoms with Crippen LogP contribution in [0.1, 0.15) is 59.2 Å². The van der Waals surface area contributed by atoms with Gasteiger partial charge in [0.05, 0.1) is 0 Å². The maximum absolute atomic E-state index is 12.3. The fourth-order valence-corrected chi connectivity index (χ4v) is 2.96. The summed E-state index contributed by atoms with van der Waals surface area (Å²) in [5.41, 5.74) is 2.76. The third-order valence-corrected chi connectivity index (χ3v) is 5.54. The van der Waals surface area contributed by atoms with Crippen LogP contribution in [-0.4, -0.2) is 14.2 Å². The van der Waals surface area contributed by atoms with Crippen molar-refractivity contribution in [3.63, 3.8) is 0 Å². The topological polar surface area (TPSA) is 47.2 Å². The first-order valence-electron chi connectivity index (χ1n) is 10.9. The Labute approximate surface area is 182 Å². The van der Waals surface area contributed by atoms with Crippen LogP contribution in [0.2, 0.25) is 0 Å². The summed E-state index contributed by atoms with van der Waals surface area (Å²) < 4.78 is 3.61. The van der Waals surface area contributed by atoms with E-state index in [0.29, 0.717) is 30.2 Å². The maximum atomic E-state index is 12.3. The number of imidazole rings is 1. The average Bonchev–Trinajstić information content (AvgIpc) is 3.01. The molecule has 4 nitrogen and oxygen atoms in total. The molecule has 2 rings (SSSR count). The minimum atomic E-state index is 0.0697. The number of phenols is 1. The van der Waals surface area contributed by atoms with Crippen molar-refractivity contribution in [1.29, 1.82) is 0 Å². The lowest BCUT2D eigenvalue weighted by molar-refractivity contribution is 0.315. The second kappa shape index (κ2) is 12.3. The summed E-state index contributed by atoms with van der Waals surface area (Å²) in [5, 5.41) is 9.29. The van der Waals surface area contributed by atoms with Gasteiger partial charge in [0.25, 0.3) is 0 Å². The van der Waals surface area contributed by atoms with Crippen molar-refractivity contribution in [1.82, 2.24) is 9.13 Å². The molecular formula is C26H40N2O2. The van der Waals surface area contributed by atoms with Crippen molar-refractivity contribution in [2.45, 2.75) is 73.9 Å². The molecule has 1 aromatic carbocycles. The smallest absolute Gasteiger partial charge is 0.328 e. The molecule has 4 heteroatoms. The Morgan fingerprint density at radius 1 is 1.17 bits per heavy atom. The predicted octanol–water partition coefficient (Wildman–Crippen LogP) is 5.98. The van der Waals surface area contributed by atoms with Gasteiger partial charge >= 0.3 is 5.69 Å². The number of allylic oxidation sites excluding steroid dienone is 3. The van der Waals surface area contributed by atoms with E-state index in [1.54, 1.807) is 16.7 Å². The molecule has 1 heterocycles. The van der Waals surface area contributed by atoms with Gasteiger partial charge in [-0.15, -0.1) is 6.58 Å². The van der Waals surface area contributed by atoms with Crippen LogP contribution in [0, 0.1) is 11.3 Å². The Morgan fingerprint density at radius 3 is 2.27 bits per heavy atom. The van der Waals surface area contributed by atoms with E-state index in [0.717, 1.165) is 25.0 Å². The van der Waals surface area contributed by atoms with Gasteiger partial charge in [0.2, 0.25) is 0 Å². The number of aromatic nitrogens is 2. The Balaban J connectivity index is 0.000000479. The Morgan fingerprint density at radius 2 is 1.80 bits per heavy atom. The lowest BCUT2D eigenvalue weighted by Gasteiger charge is -2.23. The highest BCUT2D eigenvalue weighted by atomic mass is 16.3. The van der Waals surface area contributed by atoms with Gasteiger partial charge in [0, 0.05) is 25.0 Å². The Hall–Kier alpha value is -2.49. The minimum Gasteiger partial charge on any atom is -0.508 e. The highest BCUT2D eigenvalue weighted by molar-refractivity contribution is 5.26. The third kappa shape index (κ3) is 8.10. The number of nitrogens with zero attached hydrogens (tertiary/aromatic N) is 2. The monoisotopic (exact) mass is 412 g/mol. The number of aryl methyl sites for hydroxylation is 2. The molecule has 0 fully saturated rings. The van der Waals surface area contributed by atoms with Gasteiger partial charge in [-0.25, -0.2) is 4.79 Å². The van der Waals surface area contributed by atoms with Crippen LogP contribution < -0.4 is 5.69 Å². The van der Waals surface area contributed by atoms with Crippen LogP contribution in [0.4, 0.5) is 0 Å². The van der Waals surface area contributed by atoms with E-state index in [4.69, 9.17) is 0 Å². The third-order valence-electron chi connectivity index (χ3n) is 5.54. The molecule has 1 aromatic heterocycles. The minimum absolute atomic E-state index is 0.0697. The fraction of sp³-hybridized carbons (Fsp3) is 0.500. The van der Waals surface area contributed by atoms with Crippen molar-refractivity contribution in [3.8, 4) is 5.75 Å². The average molecular weight is 413 g/mol. The van der Waals surface area contributed by atoms with E-state index in [-0.39, 0.29) is 5.69 Å². The largest absolute Gasteiger partial charge is 0.508 e. The zero-order chi connectivity index (χ0) is 22.7. The first-order valence-corrected chi connectivity index (χ1v) is 10.9. The Bertz CT molecular complexity index is 849. The first kappa shape index (κ1) is 25.5. The van der Waals surface area contributed by atoms with Crippen molar-refractivity contribution in [2.75, 3.05) is 0 Å². The fourth-order valence-electron chi connectivity index (χ4n) is 2.96. The number of hydrogen-bond acceptors (Lipinski definition) is 2. The quantitative estimate of drug-likeness (QED) is 0.542. The molecule has 1 N–H and O–H groups in total. The van der Waals surface area contributed by atoms with Gasteiger partial charge < -0.3 is 5.11 Å². The zero-order valence-electron chi connectivity index (χ0n) is 19.7. The lowest BCUT2D eigenvalue weighted by atomic mass is 9.82. The van der Waals surface area contributed by atoms with E-state index in [9.17, 15) is 9.90 Å². The zero-order valence-corrected chi connectivity index (χ0v) is 19.7. The molecule has 0 amide bonds. The summed E-state index contributed by atoms with van der Waals surface area (Å²) in [7, 11) is 0. The summed E-state index contributed by atoms with van der Waals surface area (Å²) in [6, 6.07) is 7.31. The molecule has 0 saturated heterocycles. The maximum Gasteiger partial charge on any atom is 0.328 e. The van der Waals surface area contributed by atoms with Gasteiger partial charge in [-0.1, -0.05) is 58.1 Å². The summed E-state index contributed by atoms with van der Waals surface area (Å²) in [4.78, 5) is 12.3. The van der Waals surface area contributed by atoms with Crippen molar-refractivity contribution in [3.05, 3.63) is 77.0 Å². The lowest BCUT2D eigenvalue weighted by Crippen LogP contribution is -2.24. The standard InChI is InChI=1S/C18H24N2O2.C8H16/c1-3-5-13-19-14-16(20(4-2)18(19)22)8-6-7-15-9-11-17(21)12-10-15;1-6-7(2)8(3,4)5/h3,5,9-12,14,21H,4,6-8,13H2,1-2H3;6-7H,1H2,2-5H3/b5-3+;. The number of phenolic OH excluding ortho intramolecular Hbond substituents is 1. The molecule has 0 radical (unpaired) electrons. The van der Waals surface area contributed by atoms with Crippen LogP contribution in [0.25, 0.3) is 0 Å². The molecule has 0 aliphatic heterocycles. The van der Waals surface area contributed by atoms with E-state index < -0.39 is 0 Å². The number of aromatic hydroxyl groups is 1. The molecule has 30 heavy (non-hydrogen) atoms.